The van der Waals surface area contributed by atoms with Crippen LogP contribution in [0.2, 0.25) is 0 Å². The van der Waals surface area contributed by atoms with E-state index in [1.165, 1.54) is 12.1 Å². The van der Waals surface area contributed by atoms with Crippen LogP contribution in [0.15, 0.2) is 35.5 Å². The summed E-state index contributed by atoms with van der Waals surface area (Å²) in [5, 5.41) is 3.17. The minimum Gasteiger partial charge on any atom is -0.449 e. The molecule has 3 N–H and O–H groups in total. The van der Waals surface area contributed by atoms with Crippen molar-refractivity contribution >= 4 is 17.5 Å². The fourth-order valence-corrected chi connectivity index (χ4v) is 3.58. The number of aryl methyl sites for hydroxylation is 1. The largest absolute Gasteiger partial charge is 0.449 e. The molecule has 5 nitrogen and oxygen atoms in total. The van der Waals surface area contributed by atoms with E-state index < -0.39 is 17.7 Å². The van der Waals surface area contributed by atoms with Gasteiger partial charge >= 0.3 is 5.97 Å². The molecule has 2 heterocycles. The molecule has 3 rings (SSSR count). The van der Waals surface area contributed by atoms with Gasteiger partial charge in [-0.25, -0.2) is 14.2 Å². The summed E-state index contributed by atoms with van der Waals surface area (Å²) in [6.07, 6.45) is 5.94. The van der Waals surface area contributed by atoms with Crippen molar-refractivity contribution < 1.29 is 13.9 Å². The lowest BCUT2D eigenvalue weighted by molar-refractivity contribution is -0.137. The molecule has 1 aliphatic rings. The fraction of sp³-hybridized carbons (Fsp3) is 0.273. The number of hydrogen-bond acceptors (Lipinski definition) is 5. The van der Waals surface area contributed by atoms with Crippen molar-refractivity contribution in [2.75, 3.05) is 17.7 Å². The van der Waals surface area contributed by atoms with Gasteiger partial charge in [0.15, 0.2) is 6.61 Å². The molecule has 0 bridgehead atoms. The lowest BCUT2D eigenvalue weighted by Crippen LogP contribution is -2.27. The summed E-state index contributed by atoms with van der Waals surface area (Å²) in [7, 11) is 0. The summed E-state index contributed by atoms with van der Waals surface area (Å²) < 4.78 is 19.2. The molecule has 1 atom stereocenters. The highest BCUT2D eigenvalue weighted by atomic mass is 19.1. The second kappa shape index (κ2) is 7.73. The Bertz CT molecular complexity index is 1020. The number of carbonyl (C=O) groups is 1. The number of esters is 1. The Balaban J connectivity index is 2.27. The molecule has 0 aliphatic carbocycles. The number of hydrogen-bond donors (Lipinski definition) is 2. The third-order valence-electron chi connectivity index (χ3n) is 4.94. The van der Waals surface area contributed by atoms with Crippen LogP contribution in [0.3, 0.4) is 0 Å². The van der Waals surface area contributed by atoms with E-state index in [1.807, 2.05) is 13.8 Å². The first-order valence-electron chi connectivity index (χ1n) is 9.01. The third kappa shape index (κ3) is 3.31. The van der Waals surface area contributed by atoms with Gasteiger partial charge in [-0.05, 0) is 43.5 Å². The molecule has 2 aromatic rings. The number of halogens is 1. The summed E-state index contributed by atoms with van der Waals surface area (Å²) >= 11 is 0. The van der Waals surface area contributed by atoms with Gasteiger partial charge in [0.05, 0.1) is 5.57 Å². The number of ether oxygens (including phenoxy) is 1. The van der Waals surface area contributed by atoms with Crippen LogP contribution in [-0.2, 0) is 16.0 Å². The average Bonchev–Trinajstić information content (AvgIpc) is 2.67. The number of benzene rings is 1. The van der Waals surface area contributed by atoms with Gasteiger partial charge in [0, 0.05) is 28.6 Å². The van der Waals surface area contributed by atoms with Crippen molar-refractivity contribution in [2.24, 2.45) is 0 Å². The first-order chi connectivity index (χ1) is 13.4. The van der Waals surface area contributed by atoms with Crippen molar-refractivity contribution in [3.8, 4) is 12.3 Å². The van der Waals surface area contributed by atoms with Crippen LogP contribution in [0.25, 0.3) is 0 Å². The highest BCUT2D eigenvalue weighted by Gasteiger charge is 2.36. The van der Waals surface area contributed by atoms with E-state index in [4.69, 9.17) is 21.9 Å². The van der Waals surface area contributed by atoms with Crippen molar-refractivity contribution in [3.63, 3.8) is 0 Å². The SMILES string of the molecule is C#CCOC(=O)C1=C(C)Nc2nc(CC)c(C)c(N)c2C1c1cccc(F)c1. The van der Waals surface area contributed by atoms with Gasteiger partial charge in [0.1, 0.15) is 11.6 Å². The summed E-state index contributed by atoms with van der Waals surface area (Å²) in [4.78, 5) is 17.5. The van der Waals surface area contributed by atoms with E-state index in [9.17, 15) is 9.18 Å². The number of nitrogens with zero attached hydrogens (tertiary/aromatic N) is 1. The van der Waals surface area contributed by atoms with E-state index in [1.54, 1.807) is 19.1 Å². The van der Waals surface area contributed by atoms with Crippen LogP contribution >= 0.6 is 0 Å². The second-order valence-electron chi connectivity index (χ2n) is 6.64. The van der Waals surface area contributed by atoms with Gasteiger partial charge < -0.3 is 15.8 Å². The maximum atomic E-state index is 14.0. The lowest BCUT2D eigenvalue weighted by Gasteiger charge is -2.31. The highest BCUT2D eigenvalue weighted by Crippen LogP contribution is 2.45. The average molecular weight is 379 g/mol. The highest BCUT2D eigenvalue weighted by molar-refractivity contribution is 5.95. The molecule has 0 saturated heterocycles. The molecular weight excluding hydrogens is 357 g/mol. The maximum absolute atomic E-state index is 14.0. The Morgan fingerprint density at radius 1 is 1.43 bits per heavy atom. The number of anilines is 2. The predicted molar refractivity (Wildman–Crippen MR) is 107 cm³/mol. The summed E-state index contributed by atoms with van der Waals surface area (Å²) in [6.45, 7) is 5.50. The van der Waals surface area contributed by atoms with E-state index in [2.05, 4.69) is 11.2 Å². The van der Waals surface area contributed by atoms with Gasteiger partial charge in [-0.1, -0.05) is 25.0 Å². The number of nitrogens with one attached hydrogen (secondary N) is 1. The zero-order valence-electron chi connectivity index (χ0n) is 16.1. The van der Waals surface area contributed by atoms with Crippen LogP contribution in [0, 0.1) is 25.1 Å². The molecule has 144 valence electrons. The number of carbonyl (C=O) groups excluding carboxylic acids is 1. The van der Waals surface area contributed by atoms with Crippen molar-refractivity contribution in [3.05, 3.63) is 63.7 Å². The van der Waals surface area contributed by atoms with E-state index in [0.717, 1.165) is 17.7 Å². The van der Waals surface area contributed by atoms with Crippen LogP contribution in [0.4, 0.5) is 15.9 Å². The molecular formula is C22H22FN3O2. The molecule has 0 fully saturated rings. The van der Waals surface area contributed by atoms with Crippen molar-refractivity contribution in [1.29, 1.82) is 0 Å². The van der Waals surface area contributed by atoms with Crippen LogP contribution in [0.1, 0.15) is 42.1 Å². The van der Waals surface area contributed by atoms with E-state index >= 15 is 0 Å². The molecule has 1 aromatic carbocycles. The monoisotopic (exact) mass is 379 g/mol. The fourth-order valence-electron chi connectivity index (χ4n) is 3.58. The number of fused-ring (bicyclic) bond motifs is 1. The minimum atomic E-state index is -0.616. The number of pyridine rings is 1. The van der Waals surface area contributed by atoms with Gasteiger partial charge in [-0.2, -0.15) is 0 Å². The molecule has 0 amide bonds. The number of nitrogens with two attached hydrogens (primary N) is 1. The first-order valence-corrected chi connectivity index (χ1v) is 9.01. The van der Waals surface area contributed by atoms with Crippen LogP contribution in [0.5, 0.6) is 0 Å². The number of allylic oxidation sites excluding steroid dienone is 1. The molecule has 0 radical (unpaired) electrons. The smallest absolute Gasteiger partial charge is 0.337 e. The Morgan fingerprint density at radius 2 is 2.18 bits per heavy atom. The zero-order valence-corrected chi connectivity index (χ0v) is 16.1. The molecule has 1 aliphatic heterocycles. The van der Waals surface area contributed by atoms with Gasteiger partial charge in [-0.15, -0.1) is 6.42 Å². The number of rotatable bonds is 4. The van der Waals surface area contributed by atoms with Crippen LogP contribution in [-0.4, -0.2) is 17.6 Å². The first kappa shape index (κ1) is 19.4. The van der Waals surface area contributed by atoms with Crippen molar-refractivity contribution in [1.82, 2.24) is 4.98 Å². The Morgan fingerprint density at radius 3 is 2.82 bits per heavy atom. The Kier molecular flexibility index (Phi) is 5.36. The third-order valence-corrected chi connectivity index (χ3v) is 4.94. The molecule has 0 saturated carbocycles. The predicted octanol–water partition coefficient (Wildman–Crippen LogP) is 3.68. The Labute approximate surface area is 163 Å². The lowest BCUT2D eigenvalue weighted by atomic mass is 9.80. The van der Waals surface area contributed by atoms with Crippen LogP contribution < -0.4 is 11.1 Å². The zero-order chi connectivity index (χ0) is 20.4. The van der Waals surface area contributed by atoms with Gasteiger partial charge in [-0.3, -0.25) is 0 Å². The minimum absolute atomic E-state index is 0.153. The number of aromatic nitrogens is 1. The van der Waals surface area contributed by atoms with E-state index in [-0.39, 0.29) is 6.61 Å². The number of terminal acetylenes is 1. The van der Waals surface area contributed by atoms with Crippen molar-refractivity contribution in [2.45, 2.75) is 33.1 Å². The summed E-state index contributed by atoms with van der Waals surface area (Å²) in [5.74, 6) is 1.27. The summed E-state index contributed by atoms with van der Waals surface area (Å²) in [6, 6.07) is 6.10. The quantitative estimate of drug-likeness (QED) is 0.626. The molecule has 1 unspecified atom stereocenters. The standard InChI is InChI=1S/C22H22FN3O2/c1-5-10-28-22(27)17-13(4)25-21-19(20(24)12(3)16(6-2)26-21)18(17)14-8-7-9-15(23)11-14/h1,7-9,11,18H,6,10H2,2-4H3,(H3,24,25,26). The number of nitrogen functional groups attached to an aromatic ring is 1. The molecule has 28 heavy (non-hydrogen) atoms. The Hall–Kier alpha value is -3.33. The maximum Gasteiger partial charge on any atom is 0.337 e. The van der Waals surface area contributed by atoms with E-state index in [0.29, 0.717) is 33.9 Å². The summed E-state index contributed by atoms with van der Waals surface area (Å²) in [5.41, 5.74) is 10.9. The topological polar surface area (TPSA) is 77.2 Å². The van der Waals surface area contributed by atoms with Gasteiger partial charge in [0.2, 0.25) is 0 Å². The molecule has 1 aromatic heterocycles. The normalized spacial score (nSPS) is 15.5. The second-order valence-corrected chi connectivity index (χ2v) is 6.64. The molecule has 0 spiro atoms. The van der Waals surface area contributed by atoms with Gasteiger partial charge in [0.25, 0.3) is 0 Å². The molecule has 6 heteroatoms.